The van der Waals surface area contributed by atoms with Gasteiger partial charge in [0, 0.05) is 5.02 Å². The number of aryl methyl sites for hydroxylation is 1. The molecule has 2 aromatic carbocycles. The quantitative estimate of drug-likeness (QED) is 0.660. The molecule has 0 atom stereocenters. The number of rotatable bonds is 5. The lowest BCUT2D eigenvalue weighted by Gasteiger charge is -2.11. The van der Waals surface area contributed by atoms with Gasteiger partial charge in [-0.2, -0.15) is 0 Å². The third kappa shape index (κ3) is 4.24. The lowest BCUT2D eigenvalue weighted by molar-refractivity contribution is 0.442. The van der Waals surface area contributed by atoms with Crippen LogP contribution in [0.5, 0.6) is 11.8 Å². The van der Waals surface area contributed by atoms with Gasteiger partial charge in [0.25, 0.3) is 10.0 Å². The number of halogens is 2. The fourth-order valence-electron chi connectivity index (χ4n) is 2.06. The van der Waals surface area contributed by atoms with E-state index in [0.29, 0.717) is 16.3 Å². The van der Waals surface area contributed by atoms with Crippen LogP contribution in [0, 0.1) is 6.92 Å². The zero-order valence-electron chi connectivity index (χ0n) is 13.5. The van der Waals surface area contributed by atoms with Crippen LogP contribution in [-0.2, 0) is 10.0 Å². The monoisotopic (exact) mass is 409 g/mol. The van der Waals surface area contributed by atoms with Crippen LogP contribution in [0.4, 0.5) is 5.69 Å². The maximum absolute atomic E-state index is 12.5. The first-order valence-electron chi connectivity index (χ1n) is 7.38. The second kappa shape index (κ2) is 7.49. The number of anilines is 1. The smallest absolute Gasteiger partial charge is 0.322 e. The summed E-state index contributed by atoms with van der Waals surface area (Å²) in [6.45, 7) is 1.69. The van der Waals surface area contributed by atoms with Crippen LogP contribution >= 0.6 is 23.2 Å². The zero-order chi connectivity index (χ0) is 18.7. The average Bonchev–Trinajstić information content (AvgIpc) is 2.60. The van der Waals surface area contributed by atoms with E-state index in [0.717, 1.165) is 0 Å². The van der Waals surface area contributed by atoms with E-state index in [2.05, 4.69) is 14.7 Å². The second-order valence-corrected chi connectivity index (χ2v) is 7.77. The van der Waals surface area contributed by atoms with Crippen molar-refractivity contribution in [1.82, 2.24) is 9.97 Å². The van der Waals surface area contributed by atoms with Gasteiger partial charge < -0.3 is 4.74 Å². The van der Waals surface area contributed by atoms with Crippen LogP contribution in [0.1, 0.15) is 5.56 Å². The molecule has 0 saturated carbocycles. The van der Waals surface area contributed by atoms with Crippen molar-refractivity contribution in [1.29, 1.82) is 0 Å². The summed E-state index contributed by atoms with van der Waals surface area (Å²) >= 11 is 12.0. The van der Waals surface area contributed by atoms with Gasteiger partial charge in [-0.3, -0.25) is 4.72 Å². The number of hydrogen-bond donors (Lipinski definition) is 1. The SMILES string of the molecule is Cc1cc(S(=O)(=O)Nc2cnc(Oc3ccccc3)nc2)c(Cl)cc1Cl. The molecule has 0 radical (unpaired) electrons. The van der Waals surface area contributed by atoms with Gasteiger partial charge in [-0.05, 0) is 36.8 Å². The molecule has 0 aliphatic carbocycles. The van der Waals surface area contributed by atoms with E-state index in [1.54, 1.807) is 19.1 Å². The number of sulfonamides is 1. The van der Waals surface area contributed by atoms with Crippen LogP contribution in [0.15, 0.2) is 59.8 Å². The van der Waals surface area contributed by atoms with E-state index >= 15 is 0 Å². The van der Waals surface area contributed by atoms with E-state index in [-0.39, 0.29) is 21.6 Å². The Labute approximate surface area is 160 Å². The Bertz CT molecular complexity index is 1030. The van der Waals surface area contributed by atoms with Crippen molar-refractivity contribution in [3.63, 3.8) is 0 Å². The van der Waals surface area contributed by atoms with Gasteiger partial charge in [-0.25, -0.2) is 18.4 Å². The summed E-state index contributed by atoms with van der Waals surface area (Å²) in [5.74, 6) is 0.573. The molecule has 0 aliphatic heterocycles. The highest BCUT2D eigenvalue weighted by molar-refractivity contribution is 7.92. The van der Waals surface area contributed by atoms with Crippen LogP contribution in [-0.4, -0.2) is 18.4 Å². The molecule has 0 unspecified atom stereocenters. The average molecular weight is 410 g/mol. The van der Waals surface area contributed by atoms with Crippen molar-refractivity contribution < 1.29 is 13.2 Å². The van der Waals surface area contributed by atoms with Crippen LogP contribution in [0.2, 0.25) is 10.0 Å². The summed E-state index contributed by atoms with van der Waals surface area (Å²) in [6.07, 6.45) is 2.61. The van der Waals surface area contributed by atoms with Gasteiger partial charge in [0.1, 0.15) is 10.6 Å². The van der Waals surface area contributed by atoms with Gasteiger partial charge in [0.05, 0.1) is 23.1 Å². The molecule has 0 saturated heterocycles. The Morgan fingerprint density at radius 1 is 1.00 bits per heavy atom. The molecule has 1 aromatic heterocycles. The van der Waals surface area contributed by atoms with Crippen molar-refractivity contribution in [3.8, 4) is 11.8 Å². The Morgan fingerprint density at radius 3 is 2.31 bits per heavy atom. The van der Waals surface area contributed by atoms with Gasteiger partial charge in [0.2, 0.25) is 0 Å². The van der Waals surface area contributed by atoms with Crippen molar-refractivity contribution in [2.24, 2.45) is 0 Å². The molecule has 0 spiro atoms. The van der Waals surface area contributed by atoms with Crippen LogP contribution in [0.3, 0.4) is 0 Å². The standard InChI is InChI=1S/C17H13Cl2N3O3S/c1-11-7-16(15(19)8-14(11)18)26(23,24)22-12-9-20-17(21-10-12)25-13-5-3-2-4-6-13/h2-10,22H,1H3. The number of nitrogens with zero attached hydrogens (tertiary/aromatic N) is 2. The van der Waals surface area contributed by atoms with Crippen molar-refractivity contribution in [2.75, 3.05) is 4.72 Å². The topological polar surface area (TPSA) is 81.2 Å². The third-order valence-electron chi connectivity index (χ3n) is 3.34. The van der Waals surface area contributed by atoms with Gasteiger partial charge in [-0.1, -0.05) is 41.4 Å². The molecule has 26 heavy (non-hydrogen) atoms. The summed E-state index contributed by atoms with van der Waals surface area (Å²) in [5, 5.41) is 0.415. The fourth-order valence-corrected chi connectivity index (χ4v) is 3.92. The molecule has 3 aromatic rings. The van der Waals surface area contributed by atoms with Gasteiger partial charge >= 0.3 is 6.01 Å². The number of hydrogen-bond acceptors (Lipinski definition) is 5. The van der Waals surface area contributed by atoms with Crippen LogP contribution in [0.25, 0.3) is 0 Å². The molecule has 0 aliphatic rings. The Kier molecular flexibility index (Phi) is 5.31. The third-order valence-corrected chi connectivity index (χ3v) is 5.59. The highest BCUT2D eigenvalue weighted by atomic mass is 35.5. The highest BCUT2D eigenvalue weighted by Gasteiger charge is 2.20. The number of aromatic nitrogens is 2. The minimum atomic E-state index is -3.92. The second-order valence-electron chi connectivity index (χ2n) is 5.31. The van der Waals surface area contributed by atoms with Gasteiger partial charge in [0.15, 0.2) is 0 Å². The van der Waals surface area contributed by atoms with Crippen molar-refractivity contribution in [3.05, 3.63) is 70.5 Å². The molecule has 9 heteroatoms. The molecular weight excluding hydrogens is 397 g/mol. The van der Waals surface area contributed by atoms with Crippen LogP contribution < -0.4 is 9.46 Å². The molecule has 3 rings (SSSR count). The predicted octanol–water partition coefficient (Wildman–Crippen LogP) is 4.68. The number of para-hydroxylation sites is 1. The van der Waals surface area contributed by atoms with Gasteiger partial charge in [-0.15, -0.1) is 0 Å². The lowest BCUT2D eigenvalue weighted by atomic mass is 10.2. The molecule has 1 heterocycles. The predicted molar refractivity (Wildman–Crippen MR) is 101 cm³/mol. The zero-order valence-corrected chi connectivity index (χ0v) is 15.8. The minimum Gasteiger partial charge on any atom is -0.424 e. The lowest BCUT2D eigenvalue weighted by Crippen LogP contribution is -2.14. The first kappa shape index (κ1) is 18.4. The first-order chi connectivity index (χ1) is 12.3. The largest absolute Gasteiger partial charge is 0.424 e. The summed E-state index contributed by atoms with van der Waals surface area (Å²) in [7, 11) is -3.92. The van der Waals surface area contributed by atoms with Crippen molar-refractivity contribution in [2.45, 2.75) is 11.8 Å². The number of benzene rings is 2. The Morgan fingerprint density at radius 2 is 1.65 bits per heavy atom. The maximum Gasteiger partial charge on any atom is 0.322 e. The summed E-state index contributed by atoms with van der Waals surface area (Å²) in [5.41, 5.74) is 0.772. The minimum absolute atomic E-state index is 0.0260. The molecule has 0 fully saturated rings. The summed E-state index contributed by atoms with van der Waals surface area (Å²) in [4.78, 5) is 7.90. The number of ether oxygens (including phenoxy) is 1. The Hall–Kier alpha value is -2.35. The molecule has 0 bridgehead atoms. The van der Waals surface area contributed by atoms with Crippen molar-refractivity contribution >= 4 is 38.9 Å². The van der Waals surface area contributed by atoms with E-state index in [1.165, 1.54) is 24.5 Å². The van der Waals surface area contributed by atoms with E-state index < -0.39 is 10.0 Å². The molecule has 0 amide bonds. The van der Waals surface area contributed by atoms with E-state index in [4.69, 9.17) is 27.9 Å². The molecular formula is C17H13Cl2N3O3S. The molecule has 134 valence electrons. The number of nitrogens with one attached hydrogen (secondary N) is 1. The molecule has 6 nitrogen and oxygen atoms in total. The van der Waals surface area contributed by atoms with E-state index in [9.17, 15) is 8.42 Å². The Balaban J connectivity index is 1.79. The highest BCUT2D eigenvalue weighted by Crippen LogP contribution is 2.29. The normalized spacial score (nSPS) is 11.2. The molecule has 1 N–H and O–H groups in total. The summed E-state index contributed by atoms with van der Waals surface area (Å²) in [6, 6.07) is 11.9. The summed E-state index contributed by atoms with van der Waals surface area (Å²) < 4.78 is 32.9. The van der Waals surface area contributed by atoms with E-state index in [1.807, 2.05) is 18.2 Å². The maximum atomic E-state index is 12.5. The fraction of sp³-hybridized carbons (Fsp3) is 0.0588. The first-order valence-corrected chi connectivity index (χ1v) is 9.62.